The third kappa shape index (κ3) is 3.98. The zero-order chi connectivity index (χ0) is 13.0. The summed E-state index contributed by atoms with van der Waals surface area (Å²) >= 11 is 1.67. The van der Waals surface area contributed by atoms with Gasteiger partial charge in [0.05, 0.1) is 16.8 Å². The first-order valence-corrected chi connectivity index (χ1v) is 7.38. The molecule has 1 fully saturated rings. The molecule has 1 aliphatic heterocycles. The third-order valence-corrected chi connectivity index (χ3v) is 4.29. The summed E-state index contributed by atoms with van der Waals surface area (Å²) in [6.45, 7) is 6.88. The Morgan fingerprint density at radius 1 is 1.50 bits per heavy atom. The van der Waals surface area contributed by atoms with Crippen LogP contribution in [0.3, 0.4) is 0 Å². The standard InChI is InChI=1S/C12H22N4OS/c1-10-7-12(15(2)14-10)18-9-11(17)8-16-5-3-13-4-6-16/h7,11,13,17H,3-6,8-9H2,1-2H3. The molecule has 0 radical (unpaired) electrons. The van der Waals surface area contributed by atoms with Gasteiger partial charge in [0.15, 0.2) is 0 Å². The number of hydrogen-bond donors (Lipinski definition) is 2. The molecule has 6 heteroatoms. The van der Waals surface area contributed by atoms with E-state index in [2.05, 4.69) is 21.4 Å². The van der Waals surface area contributed by atoms with Crippen LogP contribution in [0, 0.1) is 6.92 Å². The molecule has 1 aromatic heterocycles. The SMILES string of the molecule is Cc1cc(SCC(O)CN2CCNCC2)n(C)n1. The van der Waals surface area contributed by atoms with Crippen molar-refractivity contribution in [3.05, 3.63) is 11.8 Å². The summed E-state index contributed by atoms with van der Waals surface area (Å²) in [5.41, 5.74) is 1.02. The van der Waals surface area contributed by atoms with E-state index in [1.807, 2.05) is 18.7 Å². The van der Waals surface area contributed by atoms with Gasteiger partial charge in [-0.05, 0) is 13.0 Å². The molecule has 0 bridgehead atoms. The zero-order valence-electron chi connectivity index (χ0n) is 11.1. The monoisotopic (exact) mass is 270 g/mol. The van der Waals surface area contributed by atoms with Crippen LogP contribution >= 0.6 is 11.8 Å². The van der Waals surface area contributed by atoms with Crippen LogP contribution < -0.4 is 5.32 Å². The number of nitrogens with one attached hydrogen (secondary N) is 1. The van der Waals surface area contributed by atoms with Gasteiger partial charge in [0.2, 0.25) is 0 Å². The number of aryl methyl sites for hydroxylation is 2. The van der Waals surface area contributed by atoms with Crippen LogP contribution in [0.5, 0.6) is 0 Å². The molecule has 1 atom stereocenters. The number of rotatable bonds is 5. The first-order valence-electron chi connectivity index (χ1n) is 6.40. The number of thioether (sulfide) groups is 1. The van der Waals surface area contributed by atoms with E-state index in [0.29, 0.717) is 0 Å². The minimum atomic E-state index is -0.275. The van der Waals surface area contributed by atoms with E-state index in [4.69, 9.17) is 0 Å². The van der Waals surface area contributed by atoms with Crippen LogP contribution in [0.4, 0.5) is 0 Å². The van der Waals surface area contributed by atoms with E-state index in [1.54, 1.807) is 11.8 Å². The Morgan fingerprint density at radius 3 is 2.83 bits per heavy atom. The molecule has 1 aromatic rings. The molecule has 0 aromatic carbocycles. The fourth-order valence-corrected chi connectivity index (χ4v) is 3.10. The Hall–Kier alpha value is -0.560. The molecule has 1 aliphatic rings. The van der Waals surface area contributed by atoms with Crippen molar-refractivity contribution in [3.8, 4) is 0 Å². The quantitative estimate of drug-likeness (QED) is 0.743. The molecular formula is C12H22N4OS. The summed E-state index contributed by atoms with van der Waals surface area (Å²) in [5, 5.41) is 18.8. The van der Waals surface area contributed by atoms with Crippen LogP contribution in [0.2, 0.25) is 0 Å². The smallest absolute Gasteiger partial charge is 0.0940 e. The second kappa shape index (κ2) is 6.56. The number of piperazine rings is 1. The Balaban J connectivity index is 1.74. The predicted molar refractivity (Wildman–Crippen MR) is 74.0 cm³/mol. The van der Waals surface area contributed by atoms with Gasteiger partial charge < -0.3 is 10.4 Å². The van der Waals surface area contributed by atoms with Crippen molar-refractivity contribution < 1.29 is 5.11 Å². The molecule has 2 N–H and O–H groups in total. The fraction of sp³-hybridized carbons (Fsp3) is 0.750. The van der Waals surface area contributed by atoms with Gasteiger partial charge in [0.1, 0.15) is 0 Å². The van der Waals surface area contributed by atoms with Gasteiger partial charge in [-0.25, -0.2) is 0 Å². The summed E-state index contributed by atoms with van der Waals surface area (Å²) in [6, 6.07) is 2.06. The van der Waals surface area contributed by atoms with E-state index in [1.165, 1.54) is 0 Å². The van der Waals surface area contributed by atoms with Crippen LogP contribution in [0.15, 0.2) is 11.1 Å². The van der Waals surface area contributed by atoms with Crippen LogP contribution in [-0.4, -0.2) is 64.4 Å². The second-order valence-corrected chi connectivity index (χ2v) is 5.80. The lowest BCUT2D eigenvalue weighted by Gasteiger charge is -2.28. The number of aliphatic hydroxyl groups is 1. The molecule has 0 aliphatic carbocycles. The highest BCUT2D eigenvalue weighted by atomic mass is 32.2. The molecule has 0 saturated carbocycles. The summed E-state index contributed by atoms with van der Waals surface area (Å²) in [6.07, 6.45) is -0.275. The molecule has 1 unspecified atom stereocenters. The van der Waals surface area contributed by atoms with Gasteiger partial charge >= 0.3 is 0 Å². The van der Waals surface area contributed by atoms with Crippen molar-refractivity contribution >= 4 is 11.8 Å². The van der Waals surface area contributed by atoms with Crippen molar-refractivity contribution in [1.29, 1.82) is 0 Å². The predicted octanol–water partition coefficient (Wildman–Crippen LogP) is 0.0867. The summed E-state index contributed by atoms with van der Waals surface area (Å²) in [7, 11) is 1.94. The first-order chi connectivity index (χ1) is 8.65. The third-order valence-electron chi connectivity index (χ3n) is 3.06. The maximum atomic E-state index is 10.0. The zero-order valence-corrected chi connectivity index (χ0v) is 11.9. The van der Waals surface area contributed by atoms with Gasteiger partial charge in [0.25, 0.3) is 0 Å². The van der Waals surface area contributed by atoms with Crippen molar-refractivity contribution in [3.63, 3.8) is 0 Å². The molecule has 102 valence electrons. The average molecular weight is 270 g/mol. The lowest BCUT2D eigenvalue weighted by molar-refractivity contribution is 0.121. The van der Waals surface area contributed by atoms with E-state index in [-0.39, 0.29) is 6.10 Å². The summed E-state index contributed by atoms with van der Waals surface area (Å²) in [5.74, 6) is 0.725. The Morgan fingerprint density at radius 2 is 2.22 bits per heavy atom. The maximum Gasteiger partial charge on any atom is 0.0940 e. The number of hydrogen-bond acceptors (Lipinski definition) is 5. The van der Waals surface area contributed by atoms with Gasteiger partial charge in [-0.15, -0.1) is 11.8 Å². The molecule has 2 rings (SSSR count). The average Bonchev–Trinajstić information content (AvgIpc) is 2.66. The molecule has 1 saturated heterocycles. The second-order valence-electron chi connectivity index (χ2n) is 4.76. The number of nitrogens with zero attached hydrogens (tertiary/aromatic N) is 3. The van der Waals surface area contributed by atoms with Crippen LogP contribution in [0.25, 0.3) is 0 Å². The van der Waals surface area contributed by atoms with Gasteiger partial charge in [-0.3, -0.25) is 9.58 Å². The Bertz CT molecular complexity index is 376. The Labute approximate surface area is 113 Å². The molecule has 2 heterocycles. The van der Waals surface area contributed by atoms with Crippen molar-refractivity contribution in [1.82, 2.24) is 20.0 Å². The number of aliphatic hydroxyl groups excluding tert-OH is 1. The lowest BCUT2D eigenvalue weighted by Crippen LogP contribution is -2.46. The van der Waals surface area contributed by atoms with E-state index in [9.17, 15) is 5.11 Å². The highest BCUT2D eigenvalue weighted by molar-refractivity contribution is 7.99. The molecule has 0 amide bonds. The largest absolute Gasteiger partial charge is 0.391 e. The maximum absolute atomic E-state index is 10.0. The number of β-amino-alcohol motifs (C(OH)–C–C–N with tert-alkyl or cyclic N) is 1. The van der Waals surface area contributed by atoms with Crippen molar-refractivity contribution in [2.75, 3.05) is 38.5 Å². The van der Waals surface area contributed by atoms with E-state index < -0.39 is 0 Å². The van der Waals surface area contributed by atoms with Gasteiger partial charge in [0, 0.05) is 45.5 Å². The summed E-state index contributed by atoms with van der Waals surface area (Å²) < 4.78 is 1.87. The van der Waals surface area contributed by atoms with Gasteiger partial charge in [-0.2, -0.15) is 5.10 Å². The molecule has 5 nitrogen and oxygen atoms in total. The minimum absolute atomic E-state index is 0.275. The normalized spacial score (nSPS) is 19.1. The molecule has 0 spiro atoms. The van der Waals surface area contributed by atoms with E-state index >= 15 is 0 Å². The minimum Gasteiger partial charge on any atom is -0.391 e. The Kier molecular flexibility index (Phi) is 5.05. The van der Waals surface area contributed by atoms with Gasteiger partial charge in [-0.1, -0.05) is 0 Å². The van der Waals surface area contributed by atoms with E-state index in [0.717, 1.165) is 49.2 Å². The lowest BCUT2D eigenvalue weighted by atomic mass is 10.3. The summed E-state index contributed by atoms with van der Waals surface area (Å²) in [4.78, 5) is 2.32. The fourth-order valence-electron chi connectivity index (χ4n) is 2.15. The van der Waals surface area contributed by atoms with Crippen LogP contribution in [-0.2, 0) is 7.05 Å². The van der Waals surface area contributed by atoms with Crippen molar-refractivity contribution in [2.24, 2.45) is 7.05 Å². The first kappa shape index (κ1) is 13.9. The van der Waals surface area contributed by atoms with Crippen molar-refractivity contribution in [2.45, 2.75) is 18.1 Å². The highest BCUT2D eigenvalue weighted by Gasteiger charge is 2.15. The topological polar surface area (TPSA) is 53.3 Å². The van der Waals surface area contributed by atoms with Crippen LogP contribution in [0.1, 0.15) is 5.69 Å². The highest BCUT2D eigenvalue weighted by Crippen LogP contribution is 2.19. The molecular weight excluding hydrogens is 248 g/mol. The number of aromatic nitrogens is 2. The molecule has 18 heavy (non-hydrogen) atoms.